The molecule has 19 heavy (non-hydrogen) atoms. The zero-order chi connectivity index (χ0) is 14.0. The molecule has 102 valence electrons. The number of hydrogen-bond donors (Lipinski definition) is 1. The Hall–Kier alpha value is -1.88. The predicted octanol–water partition coefficient (Wildman–Crippen LogP) is 0.554. The number of rotatable bonds is 3. The molecular weight excluding hydrogens is 242 g/mol. The molecule has 1 saturated heterocycles. The Morgan fingerprint density at radius 2 is 1.79 bits per heavy atom. The standard InChI is InChI=1S/C14H19N3O2/c1-10(9-15)11-3-5-12(6-4-11)17-8-7-16(2)13(18)14(17)19/h3-6,10H,7-9,15H2,1-2H3. The summed E-state index contributed by atoms with van der Waals surface area (Å²) in [6.07, 6.45) is 0. The lowest BCUT2D eigenvalue weighted by Gasteiger charge is -2.31. The van der Waals surface area contributed by atoms with E-state index >= 15 is 0 Å². The van der Waals surface area contributed by atoms with Gasteiger partial charge in [-0.2, -0.15) is 0 Å². The number of carbonyl (C=O) groups excluding carboxylic acids is 2. The van der Waals surface area contributed by atoms with Gasteiger partial charge < -0.3 is 15.5 Å². The van der Waals surface area contributed by atoms with Gasteiger partial charge in [-0.25, -0.2) is 0 Å². The summed E-state index contributed by atoms with van der Waals surface area (Å²) in [6.45, 7) is 3.74. The van der Waals surface area contributed by atoms with Crippen molar-refractivity contribution in [1.29, 1.82) is 0 Å². The summed E-state index contributed by atoms with van der Waals surface area (Å²) >= 11 is 0. The van der Waals surface area contributed by atoms with Crippen LogP contribution in [0.2, 0.25) is 0 Å². The number of nitrogens with two attached hydrogens (primary N) is 1. The zero-order valence-corrected chi connectivity index (χ0v) is 11.3. The van der Waals surface area contributed by atoms with Crippen LogP contribution in [0.25, 0.3) is 0 Å². The smallest absolute Gasteiger partial charge is 0.316 e. The van der Waals surface area contributed by atoms with Gasteiger partial charge in [-0.3, -0.25) is 9.59 Å². The molecule has 1 atom stereocenters. The third kappa shape index (κ3) is 2.61. The van der Waals surface area contributed by atoms with Gasteiger partial charge in [0, 0.05) is 25.8 Å². The summed E-state index contributed by atoms with van der Waals surface area (Å²) in [5.41, 5.74) is 7.53. The molecule has 5 nitrogen and oxygen atoms in total. The van der Waals surface area contributed by atoms with E-state index in [1.165, 1.54) is 9.80 Å². The van der Waals surface area contributed by atoms with Gasteiger partial charge in [0.15, 0.2) is 0 Å². The number of hydrogen-bond acceptors (Lipinski definition) is 3. The van der Waals surface area contributed by atoms with Gasteiger partial charge in [0.1, 0.15) is 0 Å². The molecule has 0 spiro atoms. The lowest BCUT2D eigenvalue weighted by atomic mass is 10.0. The molecule has 1 heterocycles. The van der Waals surface area contributed by atoms with E-state index in [2.05, 4.69) is 6.92 Å². The number of amides is 2. The summed E-state index contributed by atoms with van der Waals surface area (Å²) in [7, 11) is 1.64. The van der Waals surface area contributed by atoms with E-state index < -0.39 is 11.8 Å². The highest BCUT2D eigenvalue weighted by Crippen LogP contribution is 2.21. The van der Waals surface area contributed by atoms with Crippen molar-refractivity contribution in [1.82, 2.24) is 4.90 Å². The summed E-state index contributed by atoms with van der Waals surface area (Å²) < 4.78 is 0. The van der Waals surface area contributed by atoms with Crippen molar-refractivity contribution in [3.63, 3.8) is 0 Å². The second-order valence-corrected chi connectivity index (χ2v) is 4.91. The molecule has 2 N–H and O–H groups in total. The number of carbonyl (C=O) groups is 2. The van der Waals surface area contributed by atoms with Crippen LogP contribution in [0.15, 0.2) is 24.3 Å². The van der Waals surface area contributed by atoms with Crippen LogP contribution in [-0.4, -0.2) is 43.4 Å². The minimum atomic E-state index is -0.464. The van der Waals surface area contributed by atoms with E-state index in [9.17, 15) is 9.59 Å². The van der Waals surface area contributed by atoms with Gasteiger partial charge in [-0.05, 0) is 30.2 Å². The summed E-state index contributed by atoms with van der Waals surface area (Å²) in [5.74, 6) is -0.627. The van der Waals surface area contributed by atoms with Crippen LogP contribution >= 0.6 is 0 Å². The fourth-order valence-corrected chi connectivity index (χ4v) is 2.10. The first-order valence-corrected chi connectivity index (χ1v) is 6.41. The summed E-state index contributed by atoms with van der Waals surface area (Å²) in [4.78, 5) is 26.5. The fourth-order valence-electron chi connectivity index (χ4n) is 2.10. The maximum atomic E-state index is 11.9. The van der Waals surface area contributed by atoms with Crippen LogP contribution in [0.4, 0.5) is 5.69 Å². The van der Waals surface area contributed by atoms with Crippen LogP contribution in [-0.2, 0) is 9.59 Å². The Labute approximate surface area is 113 Å². The van der Waals surface area contributed by atoms with Gasteiger partial charge in [0.25, 0.3) is 0 Å². The van der Waals surface area contributed by atoms with Gasteiger partial charge in [0.2, 0.25) is 0 Å². The molecule has 0 saturated carbocycles. The first-order valence-electron chi connectivity index (χ1n) is 6.41. The van der Waals surface area contributed by atoms with E-state index in [4.69, 9.17) is 5.73 Å². The molecule has 1 fully saturated rings. The molecular formula is C14H19N3O2. The number of likely N-dealkylation sites (N-methyl/N-ethyl adjacent to an activating group) is 1. The van der Waals surface area contributed by atoms with Crippen LogP contribution in [0.5, 0.6) is 0 Å². The van der Waals surface area contributed by atoms with Crippen molar-refractivity contribution in [2.24, 2.45) is 5.73 Å². The van der Waals surface area contributed by atoms with E-state index in [-0.39, 0.29) is 0 Å². The lowest BCUT2D eigenvalue weighted by molar-refractivity contribution is -0.145. The molecule has 0 radical (unpaired) electrons. The first-order chi connectivity index (χ1) is 9.04. The van der Waals surface area contributed by atoms with Gasteiger partial charge in [-0.1, -0.05) is 19.1 Å². The molecule has 5 heteroatoms. The Bertz CT molecular complexity index is 484. The molecule has 1 aliphatic heterocycles. The third-order valence-corrected chi connectivity index (χ3v) is 3.56. The molecule has 0 aliphatic carbocycles. The molecule has 0 aromatic heterocycles. The Kier molecular flexibility index (Phi) is 3.85. The van der Waals surface area contributed by atoms with E-state index in [1.807, 2.05) is 24.3 Å². The first kappa shape index (κ1) is 13.5. The van der Waals surface area contributed by atoms with Crippen molar-refractivity contribution in [2.75, 3.05) is 31.6 Å². The predicted molar refractivity (Wildman–Crippen MR) is 73.9 cm³/mol. The molecule has 1 unspecified atom stereocenters. The Morgan fingerprint density at radius 1 is 1.16 bits per heavy atom. The van der Waals surface area contributed by atoms with Crippen molar-refractivity contribution in [2.45, 2.75) is 12.8 Å². The highest BCUT2D eigenvalue weighted by atomic mass is 16.2. The minimum absolute atomic E-state index is 0.291. The van der Waals surface area contributed by atoms with E-state index in [1.54, 1.807) is 7.05 Å². The highest BCUT2D eigenvalue weighted by molar-refractivity contribution is 6.40. The Morgan fingerprint density at radius 3 is 2.37 bits per heavy atom. The second-order valence-electron chi connectivity index (χ2n) is 4.91. The van der Waals surface area contributed by atoms with Crippen molar-refractivity contribution < 1.29 is 9.59 Å². The fraction of sp³-hybridized carbons (Fsp3) is 0.429. The maximum Gasteiger partial charge on any atom is 0.316 e. The monoisotopic (exact) mass is 261 g/mol. The molecule has 0 bridgehead atoms. The third-order valence-electron chi connectivity index (χ3n) is 3.56. The number of benzene rings is 1. The molecule has 2 amide bonds. The van der Waals surface area contributed by atoms with Crippen molar-refractivity contribution in [3.8, 4) is 0 Å². The van der Waals surface area contributed by atoms with Crippen LogP contribution < -0.4 is 10.6 Å². The van der Waals surface area contributed by atoms with E-state index in [0.717, 1.165) is 11.3 Å². The summed E-state index contributed by atoms with van der Waals surface area (Å²) in [5, 5.41) is 0. The normalized spacial score (nSPS) is 17.8. The van der Waals surface area contributed by atoms with E-state index in [0.29, 0.717) is 25.6 Å². The summed E-state index contributed by atoms with van der Waals surface area (Å²) in [6, 6.07) is 7.67. The maximum absolute atomic E-state index is 11.9. The minimum Gasteiger partial charge on any atom is -0.336 e. The quantitative estimate of drug-likeness (QED) is 0.808. The van der Waals surface area contributed by atoms with Crippen LogP contribution in [0.1, 0.15) is 18.4 Å². The molecule has 2 rings (SSSR count). The number of anilines is 1. The average Bonchev–Trinajstić information content (AvgIpc) is 2.44. The van der Waals surface area contributed by atoms with Crippen molar-refractivity contribution in [3.05, 3.63) is 29.8 Å². The second kappa shape index (κ2) is 5.40. The van der Waals surface area contributed by atoms with Gasteiger partial charge in [0.05, 0.1) is 0 Å². The Balaban J connectivity index is 2.18. The van der Waals surface area contributed by atoms with Gasteiger partial charge >= 0.3 is 11.8 Å². The lowest BCUT2D eigenvalue weighted by Crippen LogP contribution is -2.53. The molecule has 1 aliphatic rings. The van der Waals surface area contributed by atoms with Crippen molar-refractivity contribution >= 4 is 17.5 Å². The molecule has 1 aromatic rings. The molecule has 1 aromatic carbocycles. The SMILES string of the molecule is CC(CN)c1ccc(N2CCN(C)C(=O)C2=O)cc1. The number of nitrogens with zero attached hydrogens (tertiary/aromatic N) is 2. The topological polar surface area (TPSA) is 66.6 Å². The average molecular weight is 261 g/mol. The van der Waals surface area contributed by atoms with Crippen LogP contribution in [0.3, 0.4) is 0 Å². The zero-order valence-electron chi connectivity index (χ0n) is 11.3. The highest BCUT2D eigenvalue weighted by Gasteiger charge is 2.31. The van der Waals surface area contributed by atoms with Crippen LogP contribution in [0, 0.1) is 0 Å². The number of piperazine rings is 1. The van der Waals surface area contributed by atoms with Gasteiger partial charge in [-0.15, -0.1) is 0 Å². The largest absolute Gasteiger partial charge is 0.336 e.